The van der Waals surface area contributed by atoms with Gasteiger partial charge in [0, 0.05) is 12.4 Å². The highest BCUT2D eigenvalue weighted by Gasteiger charge is 2.01. The van der Waals surface area contributed by atoms with Crippen LogP contribution in [0.25, 0.3) is 10.8 Å². The van der Waals surface area contributed by atoms with Crippen LogP contribution in [0.1, 0.15) is 16.7 Å². The van der Waals surface area contributed by atoms with Crippen molar-refractivity contribution in [1.29, 1.82) is 0 Å². The van der Waals surface area contributed by atoms with Crippen molar-refractivity contribution in [2.75, 3.05) is 0 Å². The maximum absolute atomic E-state index is 4.28. The summed E-state index contributed by atoms with van der Waals surface area (Å²) in [6, 6.07) is 25.9. The molecule has 4 aromatic rings. The van der Waals surface area contributed by atoms with E-state index in [1.165, 1.54) is 27.5 Å². The molecule has 0 saturated carbocycles. The molecule has 1 aromatic heterocycles. The van der Waals surface area contributed by atoms with Crippen molar-refractivity contribution < 1.29 is 0 Å². The average molecular weight is 298 g/mol. The predicted molar refractivity (Wildman–Crippen MR) is 94.5 cm³/mol. The Morgan fingerprint density at radius 2 is 1.52 bits per heavy atom. The van der Waals surface area contributed by atoms with Crippen molar-refractivity contribution in [2.45, 2.75) is 13.0 Å². The number of hydrogen-bond donors (Lipinski definition) is 0. The van der Waals surface area contributed by atoms with E-state index in [0.717, 1.165) is 13.0 Å². The molecular formula is C21H18N2. The number of fused-ring (bicyclic) bond motifs is 1. The lowest BCUT2D eigenvalue weighted by molar-refractivity contribution is 0.686. The molecule has 0 aliphatic heterocycles. The van der Waals surface area contributed by atoms with E-state index in [1.54, 1.807) is 0 Å². The van der Waals surface area contributed by atoms with Crippen LogP contribution >= 0.6 is 0 Å². The Labute approximate surface area is 136 Å². The number of benzene rings is 3. The molecule has 1 heterocycles. The normalized spacial score (nSPS) is 11.0. The molecule has 0 fully saturated rings. The summed E-state index contributed by atoms with van der Waals surface area (Å²) in [5.41, 5.74) is 3.97. The van der Waals surface area contributed by atoms with Crippen LogP contribution in [0.15, 0.2) is 85.2 Å². The minimum atomic E-state index is 0.818. The van der Waals surface area contributed by atoms with Crippen molar-refractivity contribution >= 4 is 10.8 Å². The Bertz CT molecular complexity index is 923. The zero-order valence-corrected chi connectivity index (χ0v) is 12.9. The summed E-state index contributed by atoms with van der Waals surface area (Å²) in [5, 5.41) is 6.87. The van der Waals surface area contributed by atoms with Crippen molar-refractivity contribution in [1.82, 2.24) is 9.78 Å². The Hall–Kier alpha value is -2.87. The van der Waals surface area contributed by atoms with Crippen LogP contribution in [0, 0.1) is 0 Å². The summed E-state index contributed by atoms with van der Waals surface area (Å²) in [4.78, 5) is 0. The summed E-state index contributed by atoms with van der Waals surface area (Å²) in [5.74, 6) is 0. The van der Waals surface area contributed by atoms with E-state index in [-0.39, 0.29) is 0 Å². The van der Waals surface area contributed by atoms with Crippen LogP contribution in [-0.4, -0.2) is 9.78 Å². The molecule has 0 radical (unpaired) electrons. The Balaban J connectivity index is 1.57. The van der Waals surface area contributed by atoms with Crippen LogP contribution in [0.2, 0.25) is 0 Å². The summed E-state index contributed by atoms with van der Waals surface area (Å²) >= 11 is 0. The van der Waals surface area contributed by atoms with E-state index in [2.05, 4.69) is 71.8 Å². The largest absolute Gasteiger partial charge is 0.268 e. The lowest BCUT2D eigenvalue weighted by Gasteiger charge is -2.07. The van der Waals surface area contributed by atoms with Gasteiger partial charge >= 0.3 is 0 Å². The second-order valence-corrected chi connectivity index (χ2v) is 5.88. The monoisotopic (exact) mass is 298 g/mol. The molecule has 0 aliphatic rings. The van der Waals surface area contributed by atoms with Gasteiger partial charge in [-0.1, -0.05) is 66.7 Å². The first kappa shape index (κ1) is 13.8. The highest BCUT2D eigenvalue weighted by Crippen LogP contribution is 2.18. The molecule has 0 amide bonds. The molecule has 4 rings (SSSR count). The first-order chi connectivity index (χ1) is 11.4. The summed E-state index contributed by atoms with van der Waals surface area (Å²) in [6.07, 6.45) is 4.77. The standard InChI is InChI=1S/C21H18N2/c1-2-8-21-15-18(9-10-20(21)7-1)13-17-5-3-6-19(14-17)16-23-12-4-11-22-23/h1-12,14-15H,13,16H2. The third-order valence-corrected chi connectivity index (χ3v) is 4.12. The maximum atomic E-state index is 4.28. The first-order valence-electron chi connectivity index (χ1n) is 7.90. The van der Waals surface area contributed by atoms with Gasteiger partial charge in [0.1, 0.15) is 0 Å². The smallest absolute Gasteiger partial charge is 0.0659 e. The van der Waals surface area contributed by atoms with Crippen molar-refractivity contribution in [3.05, 3.63) is 102 Å². The third-order valence-electron chi connectivity index (χ3n) is 4.12. The second-order valence-electron chi connectivity index (χ2n) is 5.88. The van der Waals surface area contributed by atoms with Gasteiger partial charge in [0.25, 0.3) is 0 Å². The molecule has 0 saturated heterocycles. The predicted octanol–water partition coefficient (Wildman–Crippen LogP) is 4.68. The van der Waals surface area contributed by atoms with Gasteiger partial charge in [0.15, 0.2) is 0 Å². The average Bonchev–Trinajstić information content (AvgIpc) is 3.08. The lowest BCUT2D eigenvalue weighted by atomic mass is 10.00. The molecule has 0 atom stereocenters. The minimum Gasteiger partial charge on any atom is -0.268 e. The summed E-state index contributed by atoms with van der Waals surface area (Å²) in [6.45, 7) is 0.818. The number of hydrogen-bond acceptors (Lipinski definition) is 1. The molecule has 0 unspecified atom stereocenters. The lowest BCUT2D eigenvalue weighted by Crippen LogP contribution is -2.00. The fraction of sp³-hybridized carbons (Fsp3) is 0.0952. The molecular weight excluding hydrogens is 280 g/mol. The van der Waals surface area contributed by atoms with Gasteiger partial charge in [0.2, 0.25) is 0 Å². The highest BCUT2D eigenvalue weighted by molar-refractivity contribution is 5.83. The molecule has 2 nitrogen and oxygen atoms in total. The summed E-state index contributed by atoms with van der Waals surface area (Å²) in [7, 11) is 0. The topological polar surface area (TPSA) is 17.8 Å². The van der Waals surface area contributed by atoms with E-state index >= 15 is 0 Å². The molecule has 112 valence electrons. The van der Waals surface area contributed by atoms with Gasteiger partial charge in [-0.05, 0) is 39.9 Å². The van der Waals surface area contributed by atoms with Gasteiger partial charge in [0.05, 0.1) is 6.54 Å². The van der Waals surface area contributed by atoms with E-state index < -0.39 is 0 Å². The van der Waals surface area contributed by atoms with Crippen molar-refractivity contribution in [2.24, 2.45) is 0 Å². The zero-order valence-electron chi connectivity index (χ0n) is 12.9. The van der Waals surface area contributed by atoms with E-state index in [9.17, 15) is 0 Å². The second kappa shape index (κ2) is 6.09. The fourth-order valence-electron chi connectivity index (χ4n) is 3.00. The van der Waals surface area contributed by atoms with Gasteiger partial charge in [-0.25, -0.2) is 0 Å². The van der Waals surface area contributed by atoms with Gasteiger partial charge < -0.3 is 0 Å². The Morgan fingerprint density at radius 3 is 2.39 bits per heavy atom. The van der Waals surface area contributed by atoms with Gasteiger partial charge in [-0.15, -0.1) is 0 Å². The molecule has 0 bridgehead atoms. The molecule has 2 heteroatoms. The molecule has 23 heavy (non-hydrogen) atoms. The van der Waals surface area contributed by atoms with Crippen LogP contribution in [0.3, 0.4) is 0 Å². The molecule has 0 spiro atoms. The molecule has 3 aromatic carbocycles. The maximum Gasteiger partial charge on any atom is 0.0659 e. The Morgan fingerprint density at radius 1 is 0.696 bits per heavy atom. The highest BCUT2D eigenvalue weighted by atomic mass is 15.3. The van der Waals surface area contributed by atoms with E-state index in [1.807, 2.05) is 23.1 Å². The van der Waals surface area contributed by atoms with E-state index in [4.69, 9.17) is 0 Å². The third kappa shape index (κ3) is 3.16. The van der Waals surface area contributed by atoms with Crippen molar-refractivity contribution in [3.63, 3.8) is 0 Å². The SMILES string of the molecule is c1cc(Cc2ccc3ccccc3c2)cc(Cn2cccn2)c1. The first-order valence-corrected chi connectivity index (χ1v) is 7.90. The fourth-order valence-corrected chi connectivity index (χ4v) is 3.00. The summed E-state index contributed by atoms with van der Waals surface area (Å²) < 4.78 is 1.95. The quantitative estimate of drug-likeness (QED) is 0.535. The van der Waals surface area contributed by atoms with Crippen molar-refractivity contribution in [3.8, 4) is 0 Å². The minimum absolute atomic E-state index is 0.818. The Kier molecular flexibility index (Phi) is 3.65. The van der Waals surface area contributed by atoms with Crippen LogP contribution in [-0.2, 0) is 13.0 Å². The number of nitrogens with zero attached hydrogens (tertiary/aromatic N) is 2. The van der Waals surface area contributed by atoms with Gasteiger partial charge in [-0.2, -0.15) is 5.10 Å². The number of rotatable bonds is 4. The van der Waals surface area contributed by atoms with Crippen LogP contribution in [0.5, 0.6) is 0 Å². The zero-order chi connectivity index (χ0) is 15.5. The van der Waals surface area contributed by atoms with Gasteiger partial charge in [-0.3, -0.25) is 4.68 Å². The molecule has 0 aliphatic carbocycles. The molecule has 0 N–H and O–H groups in total. The number of aromatic nitrogens is 2. The van der Waals surface area contributed by atoms with Crippen LogP contribution < -0.4 is 0 Å². The van der Waals surface area contributed by atoms with E-state index in [0.29, 0.717) is 0 Å². The van der Waals surface area contributed by atoms with Crippen LogP contribution in [0.4, 0.5) is 0 Å².